The summed E-state index contributed by atoms with van der Waals surface area (Å²) in [4.78, 5) is 28.6. The number of para-hydroxylation sites is 1. The fourth-order valence-electron chi connectivity index (χ4n) is 7.64. The molecule has 0 radical (unpaired) electrons. The Hall–Kier alpha value is -6.14. The average molecular weight is 874 g/mol. The van der Waals surface area contributed by atoms with Gasteiger partial charge in [-0.3, -0.25) is 14.0 Å². The van der Waals surface area contributed by atoms with E-state index < -0.39 is 32.2 Å². The average Bonchev–Trinajstić information content (AvgIpc) is 3.93. The zero-order valence-corrected chi connectivity index (χ0v) is 35.7. The minimum absolute atomic E-state index is 0.0437. The molecule has 3 heterocycles. The molecule has 14 nitrogen and oxygen atoms in total. The number of sulfonamides is 2. The Morgan fingerprint density at radius 2 is 1.18 bits per heavy atom. The lowest BCUT2D eigenvalue weighted by Crippen LogP contribution is -2.48. The molecule has 0 spiro atoms. The van der Waals surface area contributed by atoms with E-state index in [9.17, 15) is 31.5 Å². The second-order valence-corrected chi connectivity index (χ2v) is 19.3. The lowest BCUT2D eigenvalue weighted by molar-refractivity contribution is 0.155. The number of likely N-dealkylation sites (N-methyl/N-ethyl adjacent to an activating group) is 1. The Morgan fingerprint density at radius 3 is 1.81 bits per heavy atom. The van der Waals surface area contributed by atoms with E-state index in [1.807, 2.05) is 48.5 Å². The summed E-state index contributed by atoms with van der Waals surface area (Å²) < 4.78 is 59.3. The van der Waals surface area contributed by atoms with Crippen LogP contribution in [0.15, 0.2) is 156 Å². The lowest BCUT2D eigenvalue weighted by Gasteiger charge is -2.34. The van der Waals surface area contributed by atoms with E-state index in [0.717, 1.165) is 27.3 Å². The number of piperazine rings is 1. The van der Waals surface area contributed by atoms with Crippen LogP contribution in [0.5, 0.6) is 0 Å². The van der Waals surface area contributed by atoms with Crippen molar-refractivity contribution >= 4 is 53.9 Å². The number of hydrogen-bond acceptors (Lipinski definition) is 8. The first kappa shape index (κ1) is 42.5. The SMILES string of the molecule is CN(CC(O)c1ccc2c(ccn2C(=O)NCc2ccc(S(=O)(=O)N3CCN(Cc4ccccc4)CC3)cc2)c1)S(=O)(=O)c1ccc(CNC(=O)n2ccc3ccccc32)cc1. The maximum atomic E-state index is 13.5. The van der Waals surface area contributed by atoms with Crippen molar-refractivity contribution in [3.8, 4) is 0 Å². The largest absolute Gasteiger partial charge is 0.387 e. The first-order chi connectivity index (χ1) is 29.9. The molecule has 1 fully saturated rings. The molecule has 3 N–H and O–H groups in total. The van der Waals surface area contributed by atoms with Crippen molar-refractivity contribution < 1.29 is 31.5 Å². The van der Waals surface area contributed by atoms with E-state index in [1.54, 1.807) is 73.1 Å². The molecule has 320 valence electrons. The summed E-state index contributed by atoms with van der Waals surface area (Å²) in [7, 11) is -6.23. The predicted molar refractivity (Wildman–Crippen MR) is 237 cm³/mol. The van der Waals surface area contributed by atoms with Crippen LogP contribution >= 0.6 is 0 Å². The van der Waals surface area contributed by atoms with Crippen molar-refractivity contribution in [2.75, 3.05) is 39.8 Å². The van der Waals surface area contributed by atoms with Crippen molar-refractivity contribution in [2.45, 2.75) is 35.5 Å². The number of aliphatic hydroxyl groups excluding tert-OH is 1. The third-order valence-electron chi connectivity index (χ3n) is 11.2. The highest BCUT2D eigenvalue weighted by Crippen LogP contribution is 2.25. The number of aliphatic hydroxyl groups is 1. The van der Waals surface area contributed by atoms with Gasteiger partial charge in [-0.1, -0.05) is 78.9 Å². The molecule has 2 aromatic heterocycles. The third-order valence-corrected chi connectivity index (χ3v) is 15.0. The number of nitrogens with zero attached hydrogens (tertiary/aromatic N) is 5. The molecule has 0 saturated carbocycles. The van der Waals surface area contributed by atoms with Crippen LogP contribution in [0.1, 0.15) is 28.4 Å². The van der Waals surface area contributed by atoms with Gasteiger partial charge < -0.3 is 15.7 Å². The van der Waals surface area contributed by atoms with Gasteiger partial charge >= 0.3 is 12.1 Å². The van der Waals surface area contributed by atoms with Gasteiger partial charge in [-0.05, 0) is 76.9 Å². The molecule has 1 atom stereocenters. The predicted octanol–water partition coefficient (Wildman–Crippen LogP) is 5.97. The zero-order chi connectivity index (χ0) is 43.4. The maximum Gasteiger partial charge on any atom is 0.326 e. The zero-order valence-electron chi connectivity index (χ0n) is 34.0. The second kappa shape index (κ2) is 18.1. The number of rotatable bonds is 13. The van der Waals surface area contributed by atoms with E-state index in [2.05, 4.69) is 27.7 Å². The Labute approximate surface area is 360 Å². The summed E-state index contributed by atoms with van der Waals surface area (Å²) in [5.41, 5.74) is 4.49. The standard InChI is InChI=1S/C46H47N7O7S2/c1-49(61(57,58)40-16-11-34(12-17-40)30-47-45(55)52-23-21-37-9-5-6-10-42(37)52)33-44(54)39-15-20-43-38(29-39)22-24-53(43)46(56)48-31-35-13-18-41(19-14-35)62(59,60)51-27-25-50(26-28-51)32-36-7-3-2-4-8-36/h2-24,29,44,54H,25-28,30-33H2,1H3,(H,47,55)(H,48,56). The number of aromatic nitrogens is 2. The molecule has 0 aliphatic carbocycles. The van der Waals surface area contributed by atoms with Gasteiger partial charge in [0.25, 0.3) is 0 Å². The normalized spacial score (nSPS) is 14.6. The Balaban J connectivity index is 0.820. The minimum Gasteiger partial charge on any atom is -0.387 e. The van der Waals surface area contributed by atoms with Gasteiger partial charge in [-0.15, -0.1) is 0 Å². The smallest absolute Gasteiger partial charge is 0.326 e. The quantitative estimate of drug-likeness (QED) is 0.128. The highest BCUT2D eigenvalue weighted by molar-refractivity contribution is 7.89. The first-order valence-electron chi connectivity index (χ1n) is 20.2. The molecule has 0 bridgehead atoms. The van der Waals surface area contributed by atoms with Gasteiger partial charge in [0.05, 0.1) is 26.9 Å². The van der Waals surface area contributed by atoms with Crippen LogP contribution in [0, 0.1) is 0 Å². The number of amides is 2. The molecule has 8 rings (SSSR count). The van der Waals surface area contributed by atoms with Crippen molar-refractivity contribution in [1.29, 1.82) is 0 Å². The Kier molecular flexibility index (Phi) is 12.4. The van der Waals surface area contributed by atoms with Gasteiger partial charge in [-0.2, -0.15) is 8.61 Å². The highest BCUT2D eigenvalue weighted by atomic mass is 32.2. The van der Waals surface area contributed by atoms with Crippen molar-refractivity contribution in [1.82, 2.24) is 33.3 Å². The van der Waals surface area contributed by atoms with Gasteiger partial charge in [0.2, 0.25) is 20.0 Å². The number of fused-ring (bicyclic) bond motifs is 2. The van der Waals surface area contributed by atoms with Crippen LogP contribution < -0.4 is 10.6 Å². The Bertz CT molecular complexity index is 2930. The summed E-state index contributed by atoms with van der Waals surface area (Å²) in [5, 5.41) is 18.5. The second-order valence-electron chi connectivity index (χ2n) is 15.3. The van der Waals surface area contributed by atoms with Crippen LogP contribution in [0.4, 0.5) is 9.59 Å². The van der Waals surface area contributed by atoms with Crippen LogP contribution in [0.3, 0.4) is 0 Å². The summed E-state index contributed by atoms with van der Waals surface area (Å²) in [6.07, 6.45) is 2.15. The number of nitrogens with one attached hydrogen (secondary N) is 2. The van der Waals surface area contributed by atoms with Crippen molar-refractivity contribution in [3.63, 3.8) is 0 Å². The maximum absolute atomic E-state index is 13.5. The molecule has 1 aliphatic heterocycles. The van der Waals surface area contributed by atoms with Gasteiger partial charge in [-0.25, -0.2) is 26.4 Å². The van der Waals surface area contributed by atoms with Crippen LogP contribution in [0.25, 0.3) is 21.8 Å². The molecule has 1 saturated heterocycles. The van der Waals surface area contributed by atoms with Crippen molar-refractivity contribution in [2.24, 2.45) is 0 Å². The molecule has 1 unspecified atom stereocenters. The van der Waals surface area contributed by atoms with E-state index in [1.165, 1.54) is 38.2 Å². The first-order valence-corrected chi connectivity index (χ1v) is 23.1. The molecular formula is C46H47N7O7S2. The monoisotopic (exact) mass is 873 g/mol. The van der Waals surface area contributed by atoms with Gasteiger partial charge in [0.1, 0.15) is 0 Å². The molecule has 5 aromatic carbocycles. The lowest BCUT2D eigenvalue weighted by atomic mass is 10.1. The van der Waals surface area contributed by atoms with E-state index in [-0.39, 0.29) is 35.5 Å². The topological polar surface area (TPSA) is 166 Å². The van der Waals surface area contributed by atoms with E-state index in [4.69, 9.17) is 0 Å². The number of hydrogen-bond donors (Lipinski definition) is 3. The molecular weight excluding hydrogens is 827 g/mol. The summed E-state index contributed by atoms with van der Waals surface area (Å²) in [6, 6.07) is 38.4. The number of carbonyl (C=O) groups excluding carboxylic acids is 2. The molecule has 1 aliphatic rings. The van der Waals surface area contributed by atoms with Crippen LogP contribution in [-0.2, 0) is 39.7 Å². The molecule has 62 heavy (non-hydrogen) atoms. The van der Waals surface area contributed by atoms with Gasteiger partial charge in [0.15, 0.2) is 0 Å². The number of carbonyl (C=O) groups is 2. The number of benzene rings is 5. The minimum atomic E-state index is -3.96. The third kappa shape index (κ3) is 9.21. The highest BCUT2D eigenvalue weighted by Gasteiger charge is 2.29. The molecule has 2 amide bonds. The van der Waals surface area contributed by atoms with Gasteiger partial charge in [0, 0.05) is 82.6 Å². The van der Waals surface area contributed by atoms with Crippen LogP contribution in [0.2, 0.25) is 0 Å². The van der Waals surface area contributed by atoms with Crippen molar-refractivity contribution in [3.05, 3.63) is 168 Å². The summed E-state index contributed by atoms with van der Waals surface area (Å²) in [6.45, 7) is 3.03. The Morgan fingerprint density at radius 1 is 0.629 bits per heavy atom. The fraction of sp³-hybridized carbons (Fsp3) is 0.217. The fourth-order valence-corrected chi connectivity index (χ4v) is 10.2. The summed E-state index contributed by atoms with van der Waals surface area (Å²) in [5.74, 6) is 0. The van der Waals surface area contributed by atoms with E-state index in [0.29, 0.717) is 48.2 Å². The van der Waals surface area contributed by atoms with E-state index >= 15 is 0 Å². The molecule has 7 aromatic rings. The molecule has 16 heteroatoms. The van der Waals surface area contributed by atoms with Crippen LogP contribution in [-0.4, -0.2) is 96.4 Å². The summed E-state index contributed by atoms with van der Waals surface area (Å²) >= 11 is 0.